The van der Waals surface area contributed by atoms with Crippen LogP contribution in [0.25, 0.3) is 22.3 Å². The van der Waals surface area contributed by atoms with Gasteiger partial charge in [0.15, 0.2) is 0 Å². The Bertz CT molecular complexity index is 1180. The summed E-state index contributed by atoms with van der Waals surface area (Å²) < 4.78 is 10.0. The van der Waals surface area contributed by atoms with Crippen LogP contribution >= 0.6 is 0 Å². The molecular weight excluding hydrogens is 424 g/mol. The first-order valence-corrected chi connectivity index (χ1v) is 11.1. The van der Waals surface area contributed by atoms with Crippen molar-refractivity contribution < 1.29 is 19.1 Å². The van der Waals surface area contributed by atoms with Gasteiger partial charge < -0.3 is 9.47 Å². The van der Waals surface area contributed by atoms with E-state index in [4.69, 9.17) is 9.47 Å². The van der Waals surface area contributed by atoms with Gasteiger partial charge in [0.2, 0.25) is 0 Å². The van der Waals surface area contributed by atoms with Gasteiger partial charge in [-0.2, -0.15) is 0 Å². The van der Waals surface area contributed by atoms with Gasteiger partial charge in [-0.3, -0.25) is 4.79 Å². The van der Waals surface area contributed by atoms with Crippen LogP contribution in [-0.2, 0) is 20.7 Å². The molecule has 0 aliphatic heterocycles. The normalized spacial score (nSPS) is 12.3. The van der Waals surface area contributed by atoms with Crippen LogP contribution < -0.4 is 0 Å². The summed E-state index contributed by atoms with van der Waals surface area (Å²) in [6.45, 7) is 9.80. The second-order valence-electron chi connectivity index (χ2n) is 7.44. The largest absolute Gasteiger partial charge is 0.469 e. The molecule has 0 heterocycles. The van der Waals surface area contributed by atoms with Gasteiger partial charge in [-0.1, -0.05) is 73.4 Å². The van der Waals surface area contributed by atoms with Crippen molar-refractivity contribution in [3.63, 3.8) is 0 Å². The van der Waals surface area contributed by atoms with Crippen molar-refractivity contribution in [3.05, 3.63) is 108 Å². The summed E-state index contributed by atoms with van der Waals surface area (Å²) in [5.74, 6) is -0.863. The fraction of sp³-hybridized carbons (Fsp3) is 0.200. The van der Waals surface area contributed by atoms with Crippen LogP contribution in [0.4, 0.5) is 0 Å². The molecule has 0 aliphatic carbocycles. The molecule has 0 aliphatic rings. The average Bonchev–Trinajstić information content (AvgIpc) is 2.87. The quantitative estimate of drug-likeness (QED) is 0.302. The third kappa shape index (κ3) is 6.10. The lowest BCUT2D eigenvalue weighted by Gasteiger charge is -2.18. The Labute approximate surface area is 202 Å². The van der Waals surface area contributed by atoms with Crippen LogP contribution in [0.3, 0.4) is 0 Å². The summed E-state index contributed by atoms with van der Waals surface area (Å²) in [4.78, 5) is 25.1. The Morgan fingerprint density at radius 1 is 0.882 bits per heavy atom. The number of esters is 2. The average molecular weight is 457 g/mol. The number of carbonyl (C=O) groups excluding carboxylic acids is 2. The molecular formula is C30H32O4. The summed E-state index contributed by atoms with van der Waals surface area (Å²) in [6, 6.07) is 11.5. The SMILES string of the molecule is C=C/C(=C\C=C/C)c1ccccc1-c1cc(C(/C=C\C)=C/C)c(CC(=O)OC)cc1C(=O)OC. The maximum absolute atomic E-state index is 12.9. The number of methoxy groups -OCH3 is 2. The lowest BCUT2D eigenvalue weighted by molar-refractivity contribution is -0.139. The maximum atomic E-state index is 12.9. The molecule has 0 saturated carbocycles. The van der Waals surface area contributed by atoms with Gasteiger partial charge in [-0.15, -0.1) is 0 Å². The molecule has 0 N–H and O–H groups in total. The summed E-state index contributed by atoms with van der Waals surface area (Å²) in [6.07, 6.45) is 13.6. The highest BCUT2D eigenvalue weighted by molar-refractivity contribution is 6.01. The molecule has 0 saturated heterocycles. The molecule has 2 rings (SSSR count). The Balaban J connectivity index is 2.97. The Kier molecular flexibility index (Phi) is 10.0. The standard InChI is InChI=1S/C30H32O4/c1-7-11-15-22(10-4)24-16-12-13-17-25(24)27-20-26(21(9-3)14-8-2)23(19-29(31)33-5)18-28(27)30(32)34-6/h7-18,20H,4,19H2,1-3,5-6H3/b11-7-,14-8-,21-9+,22-15+. The van der Waals surface area contributed by atoms with Gasteiger partial charge in [0.25, 0.3) is 0 Å². The summed E-state index contributed by atoms with van der Waals surface area (Å²) in [5, 5.41) is 0. The van der Waals surface area contributed by atoms with Crippen molar-refractivity contribution in [2.75, 3.05) is 14.2 Å². The highest BCUT2D eigenvalue weighted by atomic mass is 16.5. The van der Waals surface area contributed by atoms with Crippen molar-refractivity contribution in [2.45, 2.75) is 27.2 Å². The minimum atomic E-state index is -0.479. The summed E-state index contributed by atoms with van der Waals surface area (Å²) in [5.41, 5.74) is 6.27. The number of ether oxygens (including phenoxy) is 2. The van der Waals surface area contributed by atoms with E-state index in [1.807, 2.05) is 87.6 Å². The second kappa shape index (κ2) is 12.9. The van der Waals surface area contributed by atoms with Crippen molar-refractivity contribution in [1.82, 2.24) is 0 Å². The highest BCUT2D eigenvalue weighted by Gasteiger charge is 2.22. The minimum Gasteiger partial charge on any atom is -0.469 e. The van der Waals surface area contributed by atoms with E-state index in [1.54, 1.807) is 12.1 Å². The van der Waals surface area contributed by atoms with Crippen LogP contribution in [0.15, 0.2) is 85.5 Å². The van der Waals surface area contributed by atoms with Crippen LogP contribution in [-0.4, -0.2) is 26.2 Å². The topological polar surface area (TPSA) is 52.6 Å². The Morgan fingerprint density at radius 3 is 2.21 bits per heavy atom. The maximum Gasteiger partial charge on any atom is 0.338 e. The molecule has 0 bridgehead atoms. The van der Waals surface area contributed by atoms with Gasteiger partial charge in [0.05, 0.1) is 26.2 Å². The molecule has 0 atom stereocenters. The van der Waals surface area contributed by atoms with Crippen LogP contribution in [0.5, 0.6) is 0 Å². The van der Waals surface area contributed by atoms with Gasteiger partial charge >= 0.3 is 11.9 Å². The molecule has 34 heavy (non-hydrogen) atoms. The molecule has 0 aromatic heterocycles. The minimum absolute atomic E-state index is 0.0335. The monoisotopic (exact) mass is 456 g/mol. The van der Waals surface area contributed by atoms with Crippen molar-refractivity contribution in [2.24, 2.45) is 0 Å². The molecule has 4 heteroatoms. The second-order valence-corrected chi connectivity index (χ2v) is 7.44. The zero-order chi connectivity index (χ0) is 25.1. The molecule has 176 valence electrons. The van der Waals surface area contributed by atoms with Gasteiger partial charge in [-0.25, -0.2) is 4.79 Å². The fourth-order valence-electron chi connectivity index (χ4n) is 3.75. The lowest BCUT2D eigenvalue weighted by Crippen LogP contribution is -2.11. The first-order valence-electron chi connectivity index (χ1n) is 11.1. The number of hydrogen-bond acceptors (Lipinski definition) is 4. The van der Waals surface area contributed by atoms with E-state index in [2.05, 4.69) is 6.58 Å². The van der Waals surface area contributed by atoms with Crippen LogP contribution in [0, 0.1) is 0 Å². The van der Waals surface area contributed by atoms with E-state index >= 15 is 0 Å². The zero-order valence-electron chi connectivity index (χ0n) is 20.6. The molecule has 0 spiro atoms. The van der Waals surface area contributed by atoms with Gasteiger partial charge in [0.1, 0.15) is 0 Å². The van der Waals surface area contributed by atoms with E-state index < -0.39 is 5.97 Å². The van der Waals surface area contributed by atoms with Crippen molar-refractivity contribution >= 4 is 23.1 Å². The number of carbonyl (C=O) groups is 2. The zero-order valence-corrected chi connectivity index (χ0v) is 20.6. The van der Waals surface area contributed by atoms with E-state index in [0.717, 1.165) is 27.8 Å². The third-order valence-corrected chi connectivity index (χ3v) is 5.40. The van der Waals surface area contributed by atoms with E-state index in [-0.39, 0.29) is 12.4 Å². The van der Waals surface area contributed by atoms with Crippen LogP contribution in [0.1, 0.15) is 47.8 Å². The number of benzene rings is 2. The summed E-state index contributed by atoms with van der Waals surface area (Å²) >= 11 is 0. The van der Waals surface area contributed by atoms with Gasteiger partial charge in [0, 0.05) is 0 Å². The molecule has 4 nitrogen and oxygen atoms in total. The summed E-state index contributed by atoms with van der Waals surface area (Å²) in [7, 11) is 2.70. The predicted molar refractivity (Wildman–Crippen MR) is 140 cm³/mol. The molecule has 0 amide bonds. The van der Waals surface area contributed by atoms with Crippen molar-refractivity contribution in [3.8, 4) is 11.1 Å². The van der Waals surface area contributed by atoms with Crippen LogP contribution in [0.2, 0.25) is 0 Å². The number of allylic oxidation sites excluding steroid dienone is 9. The van der Waals surface area contributed by atoms with Gasteiger partial charge in [-0.05, 0) is 71.9 Å². The molecule has 0 unspecified atom stereocenters. The lowest BCUT2D eigenvalue weighted by atomic mass is 9.86. The molecule has 2 aromatic carbocycles. The fourth-order valence-corrected chi connectivity index (χ4v) is 3.75. The first-order chi connectivity index (χ1) is 16.4. The third-order valence-electron chi connectivity index (χ3n) is 5.40. The molecule has 2 aromatic rings. The molecule has 0 radical (unpaired) electrons. The van der Waals surface area contributed by atoms with E-state index in [9.17, 15) is 9.59 Å². The first kappa shape index (κ1) is 26.3. The number of rotatable bonds is 9. The predicted octanol–water partition coefficient (Wildman–Crippen LogP) is 6.98. The Hall–Kier alpha value is -3.92. The van der Waals surface area contributed by atoms with E-state index in [1.165, 1.54) is 14.2 Å². The molecule has 0 fully saturated rings. The van der Waals surface area contributed by atoms with Crippen molar-refractivity contribution in [1.29, 1.82) is 0 Å². The van der Waals surface area contributed by atoms with E-state index in [0.29, 0.717) is 16.7 Å². The number of hydrogen-bond donors (Lipinski definition) is 0. The smallest absolute Gasteiger partial charge is 0.338 e. The highest BCUT2D eigenvalue weighted by Crippen LogP contribution is 2.36. The Morgan fingerprint density at radius 2 is 1.62 bits per heavy atom.